The Morgan fingerprint density at radius 3 is 2.43 bits per heavy atom. The summed E-state index contributed by atoms with van der Waals surface area (Å²) in [6, 6.07) is 7.28. The SMILES string of the molecule is COc1ccc(CCN(C(=S)NC2CCCC2)C2CCN(C)CC2)cc1OC. The molecule has 1 N–H and O–H groups in total. The molecule has 3 rings (SSSR count). The van der Waals surface area contributed by atoms with Crippen LogP contribution in [0.25, 0.3) is 0 Å². The number of hydrogen-bond acceptors (Lipinski definition) is 4. The second-order valence-corrected chi connectivity index (χ2v) is 8.48. The van der Waals surface area contributed by atoms with Gasteiger partial charge in [0.15, 0.2) is 16.6 Å². The lowest BCUT2D eigenvalue weighted by molar-refractivity contribution is 0.175. The minimum atomic E-state index is 0.526. The van der Waals surface area contributed by atoms with Crippen molar-refractivity contribution < 1.29 is 9.47 Å². The van der Waals surface area contributed by atoms with E-state index in [0.717, 1.165) is 42.7 Å². The predicted octanol–water partition coefficient (Wildman–Crippen LogP) is 3.46. The van der Waals surface area contributed by atoms with Crippen molar-refractivity contribution >= 4 is 17.3 Å². The summed E-state index contributed by atoms with van der Waals surface area (Å²) in [6.07, 6.45) is 8.43. The van der Waals surface area contributed by atoms with Crippen LogP contribution < -0.4 is 14.8 Å². The van der Waals surface area contributed by atoms with E-state index in [1.165, 1.54) is 44.1 Å². The average Bonchev–Trinajstić information content (AvgIpc) is 3.22. The summed E-state index contributed by atoms with van der Waals surface area (Å²) in [5.74, 6) is 1.56. The predicted molar refractivity (Wildman–Crippen MR) is 118 cm³/mol. The van der Waals surface area contributed by atoms with Crippen molar-refractivity contribution in [2.45, 2.75) is 57.0 Å². The highest BCUT2D eigenvalue weighted by Gasteiger charge is 2.26. The van der Waals surface area contributed by atoms with Gasteiger partial charge in [0.05, 0.1) is 14.2 Å². The van der Waals surface area contributed by atoms with Gasteiger partial charge in [-0.05, 0) is 82.2 Å². The van der Waals surface area contributed by atoms with Crippen LogP contribution in [0.1, 0.15) is 44.1 Å². The van der Waals surface area contributed by atoms with Crippen molar-refractivity contribution in [3.05, 3.63) is 23.8 Å². The van der Waals surface area contributed by atoms with Crippen LogP contribution in [0.15, 0.2) is 18.2 Å². The molecule has 1 aromatic carbocycles. The van der Waals surface area contributed by atoms with E-state index in [4.69, 9.17) is 21.7 Å². The summed E-state index contributed by atoms with van der Waals surface area (Å²) in [4.78, 5) is 4.87. The minimum Gasteiger partial charge on any atom is -0.493 e. The van der Waals surface area contributed by atoms with Crippen LogP contribution in [-0.4, -0.2) is 67.9 Å². The molecule has 6 heteroatoms. The number of nitrogens with zero attached hydrogens (tertiary/aromatic N) is 2. The molecule has 1 saturated carbocycles. The fourth-order valence-corrected chi connectivity index (χ4v) is 4.78. The monoisotopic (exact) mass is 405 g/mol. The number of hydrogen-bond donors (Lipinski definition) is 1. The first-order valence-corrected chi connectivity index (χ1v) is 11.0. The molecule has 0 radical (unpaired) electrons. The quantitative estimate of drug-likeness (QED) is 0.700. The van der Waals surface area contributed by atoms with Crippen LogP contribution in [0, 0.1) is 0 Å². The normalized spacial score (nSPS) is 18.8. The number of piperidine rings is 1. The van der Waals surface area contributed by atoms with Gasteiger partial charge in [0, 0.05) is 18.6 Å². The van der Waals surface area contributed by atoms with Gasteiger partial charge in [-0.15, -0.1) is 0 Å². The van der Waals surface area contributed by atoms with E-state index >= 15 is 0 Å². The molecule has 1 heterocycles. The van der Waals surface area contributed by atoms with Gasteiger partial charge in [-0.1, -0.05) is 18.9 Å². The van der Waals surface area contributed by atoms with Gasteiger partial charge in [-0.3, -0.25) is 0 Å². The van der Waals surface area contributed by atoms with E-state index in [2.05, 4.69) is 34.3 Å². The Morgan fingerprint density at radius 2 is 1.79 bits per heavy atom. The molecule has 28 heavy (non-hydrogen) atoms. The van der Waals surface area contributed by atoms with Crippen LogP contribution in [-0.2, 0) is 6.42 Å². The first-order chi connectivity index (χ1) is 13.6. The summed E-state index contributed by atoms with van der Waals surface area (Å²) in [6.45, 7) is 3.22. The van der Waals surface area contributed by atoms with E-state index in [9.17, 15) is 0 Å². The Bertz CT molecular complexity index is 641. The summed E-state index contributed by atoms with van der Waals surface area (Å²) in [7, 11) is 5.57. The number of rotatable bonds is 7. The number of methoxy groups -OCH3 is 2. The van der Waals surface area contributed by atoms with E-state index < -0.39 is 0 Å². The Hall–Kier alpha value is -1.53. The molecule has 5 nitrogen and oxygen atoms in total. The van der Waals surface area contributed by atoms with Crippen molar-refractivity contribution in [1.82, 2.24) is 15.1 Å². The third-order valence-corrected chi connectivity index (χ3v) is 6.51. The zero-order chi connectivity index (χ0) is 19.9. The minimum absolute atomic E-state index is 0.526. The summed E-state index contributed by atoms with van der Waals surface area (Å²) >= 11 is 5.88. The standard InChI is InChI=1S/C22H35N3O2S/c1-24-13-11-19(12-14-24)25(22(28)23-18-6-4-5-7-18)15-10-17-8-9-20(26-2)21(16-17)27-3/h8-9,16,18-19H,4-7,10-15H2,1-3H3,(H,23,28). The maximum absolute atomic E-state index is 5.88. The Kier molecular flexibility index (Phi) is 7.80. The molecule has 2 fully saturated rings. The lowest BCUT2D eigenvalue weighted by Gasteiger charge is -2.39. The lowest BCUT2D eigenvalue weighted by atomic mass is 10.0. The molecule has 0 spiro atoms. The molecule has 0 amide bonds. The van der Waals surface area contributed by atoms with Crippen molar-refractivity contribution in [1.29, 1.82) is 0 Å². The summed E-state index contributed by atoms with van der Waals surface area (Å²) in [5.41, 5.74) is 1.25. The number of nitrogens with one attached hydrogen (secondary N) is 1. The maximum Gasteiger partial charge on any atom is 0.169 e. The van der Waals surface area contributed by atoms with E-state index in [0.29, 0.717) is 12.1 Å². The fraction of sp³-hybridized carbons (Fsp3) is 0.682. The molecule has 156 valence electrons. The van der Waals surface area contributed by atoms with Gasteiger partial charge in [0.25, 0.3) is 0 Å². The van der Waals surface area contributed by atoms with E-state index in [1.807, 2.05) is 6.07 Å². The lowest BCUT2D eigenvalue weighted by Crippen LogP contribution is -2.52. The molecule has 0 bridgehead atoms. The van der Waals surface area contributed by atoms with Crippen LogP contribution in [0.3, 0.4) is 0 Å². The molecule has 1 aliphatic carbocycles. The fourth-order valence-electron chi connectivity index (χ4n) is 4.37. The van der Waals surface area contributed by atoms with Gasteiger partial charge in [-0.2, -0.15) is 0 Å². The van der Waals surface area contributed by atoms with Crippen molar-refractivity contribution in [2.75, 3.05) is 40.9 Å². The largest absolute Gasteiger partial charge is 0.493 e. The maximum atomic E-state index is 5.88. The number of thiocarbonyl (C=S) groups is 1. The summed E-state index contributed by atoms with van der Waals surface area (Å²) in [5, 5.41) is 4.61. The first-order valence-electron chi connectivity index (χ1n) is 10.6. The molecule has 0 atom stereocenters. The number of likely N-dealkylation sites (tertiary alicyclic amines) is 1. The van der Waals surface area contributed by atoms with Gasteiger partial charge < -0.3 is 24.6 Å². The Morgan fingerprint density at radius 1 is 1.11 bits per heavy atom. The zero-order valence-corrected chi connectivity index (χ0v) is 18.4. The van der Waals surface area contributed by atoms with Crippen molar-refractivity contribution in [3.8, 4) is 11.5 Å². The van der Waals surface area contributed by atoms with Crippen LogP contribution >= 0.6 is 12.2 Å². The van der Waals surface area contributed by atoms with Gasteiger partial charge >= 0.3 is 0 Å². The third kappa shape index (κ3) is 5.51. The second kappa shape index (κ2) is 10.3. The van der Waals surface area contributed by atoms with Crippen LogP contribution in [0.5, 0.6) is 11.5 Å². The molecule has 1 saturated heterocycles. The summed E-state index contributed by atoms with van der Waals surface area (Å²) < 4.78 is 10.8. The molecule has 1 aromatic rings. The first kappa shape index (κ1) is 21.2. The van der Waals surface area contributed by atoms with Crippen LogP contribution in [0.4, 0.5) is 0 Å². The van der Waals surface area contributed by atoms with Crippen molar-refractivity contribution in [3.63, 3.8) is 0 Å². The smallest absolute Gasteiger partial charge is 0.169 e. The van der Waals surface area contributed by atoms with Gasteiger partial charge in [0.2, 0.25) is 0 Å². The highest BCUT2D eigenvalue weighted by atomic mass is 32.1. The van der Waals surface area contributed by atoms with Crippen LogP contribution in [0.2, 0.25) is 0 Å². The second-order valence-electron chi connectivity index (χ2n) is 8.10. The number of benzene rings is 1. The van der Waals surface area contributed by atoms with Crippen molar-refractivity contribution in [2.24, 2.45) is 0 Å². The number of ether oxygens (including phenoxy) is 2. The van der Waals surface area contributed by atoms with Gasteiger partial charge in [-0.25, -0.2) is 0 Å². The van der Waals surface area contributed by atoms with Gasteiger partial charge in [0.1, 0.15) is 0 Å². The highest BCUT2D eigenvalue weighted by Crippen LogP contribution is 2.28. The molecular weight excluding hydrogens is 370 g/mol. The molecular formula is C22H35N3O2S. The topological polar surface area (TPSA) is 37.0 Å². The Labute approximate surface area is 175 Å². The van der Waals surface area contributed by atoms with E-state index in [-0.39, 0.29) is 0 Å². The highest BCUT2D eigenvalue weighted by molar-refractivity contribution is 7.80. The zero-order valence-electron chi connectivity index (χ0n) is 17.6. The molecule has 0 unspecified atom stereocenters. The molecule has 0 aromatic heterocycles. The third-order valence-electron chi connectivity index (χ3n) is 6.16. The molecule has 1 aliphatic heterocycles. The average molecular weight is 406 g/mol. The Balaban J connectivity index is 1.66. The van der Waals surface area contributed by atoms with E-state index in [1.54, 1.807) is 14.2 Å². The molecule has 2 aliphatic rings.